The van der Waals surface area contributed by atoms with E-state index in [0.29, 0.717) is 5.69 Å². The molecule has 100 valence electrons. The molecule has 0 aliphatic carbocycles. The highest BCUT2D eigenvalue weighted by atomic mass is 16.5. The van der Waals surface area contributed by atoms with Gasteiger partial charge in [0.25, 0.3) is 0 Å². The SMILES string of the molecule is C#CCN(C)C(=O)Nc1ccc(C(=O)O)c(OC)c1. The Bertz CT molecular complexity index is 534. The molecule has 0 radical (unpaired) electrons. The van der Waals surface area contributed by atoms with Crippen LogP contribution in [0.4, 0.5) is 10.5 Å². The third kappa shape index (κ3) is 3.64. The molecule has 1 aromatic rings. The highest BCUT2D eigenvalue weighted by molar-refractivity contribution is 5.94. The quantitative estimate of drug-likeness (QED) is 0.806. The van der Waals surface area contributed by atoms with Gasteiger partial charge in [-0.25, -0.2) is 9.59 Å². The van der Waals surface area contributed by atoms with Crippen LogP contribution in [0.15, 0.2) is 18.2 Å². The summed E-state index contributed by atoms with van der Waals surface area (Å²) in [5, 5.41) is 11.5. The number of benzene rings is 1. The van der Waals surface area contributed by atoms with E-state index in [1.165, 1.54) is 30.2 Å². The van der Waals surface area contributed by atoms with Crippen LogP contribution in [0.2, 0.25) is 0 Å². The summed E-state index contributed by atoms with van der Waals surface area (Å²) in [4.78, 5) is 23.9. The predicted octanol–water partition coefficient (Wildman–Crippen LogP) is 1.49. The van der Waals surface area contributed by atoms with E-state index in [1.807, 2.05) is 0 Å². The number of carboxylic acid groups (broad SMARTS) is 1. The molecule has 0 saturated heterocycles. The number of terminal acetylenes is 1. The Hall–Kier alpha value is -2.68. The van der Waals surface area contributed by atoms with Crippen molar-refractivity contribution in [3.63, 3.8) is 0 Å². The largest absolute Gasteiger partial charge is 0.496 e. The van der Waals surface area contributed by atoms with E-state index in [4.69, 9.17) is 16.3 Å². The fourth-order valence-corrected chi connectivity index (χ4v) is 1.37. The molecule has 6 nitrogen and oxygen atoms in total. The summed E-state index contributed by atoms with van der Waals surface area (Å²) in [5.41, 5.74) is 0.452. The zero-order valence-corrected chi connectivity index (χ0v) is 10.6. The van der Waals surface area contributed by atoms with Crippen LogP contribution in [0.1, 0.15) is 10.4 Å². The maximum absolute atomic E-state index is 11.7. The molecule has 0 saturated carbocycles. The van der Waals surface area contributed by atoms with Crippen molar-refractivity contribution in [1.82, 2.24) is 4.90 Å². The maximum atomic E-state index is 11.7. The first-order valence-corrected chi connectivity index (χ1v) is 5.36. The van der Waals surface area contributed by atoms with E-state index >= 15 is 0 Å². The first-order valence-electron chi connectivity index (χ1n) is 5.36. The molecule has 2 N–H and O–H groups in total. The van der Waals surface area contributed by atoms with Crippen molar-refractivity contribution in [2.24, 2.45) is 0 Å². The summed E-state index contributed by atoms with van der Waals surface area (Å²) < 4.78 is 4.96. The monoisotopic (exact) mass is 262 g/mol. The number of ether oxygens (including phenoxy) is 1. The van der Waals surface area contributed by atoms with Crippen LogP contribution in [0.3, 0.4) is 0 Å². The number of urea groups is 1. The summed E-state index contributed by atoms with van der Waals surface area (Å²) in [6, 6.07) is 3.89. The average molecular weight is 262 g/mol. The van der Waals surface area contributed by atoms with E-state index in [2.05, 4.69) is 11.2 Å². The van der Waals surface area contributed by atoms with Gasteiger partial charge in [0.1, 0.15) is 11.3 Å². The maximum Gasteiger partial charge on any atom is 0.339 e. The van der Waals surface area contributed by atoms with E-state index < -0.39 is 5.97 Å². The molecule has 1 aromatic carbocycles. The van der Waals surface area contributed by atoms with E-state index in [0.717, 1.165) is 0 Å². The van der Waals surface area contributed by atoms with Crippen LogP contribution in [0, 0.1) is 12.3 Å². The lowest BCUT2D eigenvalue weighted by molar-refractivity contribution is 0.0693. The van der Waals surface area contributed by atoms with Gasteiger partial charge in [0.05, 0.1) is 13.7 Å². The molecular weight excluding hydrogens is 248 g/mol. The molecule has 0 aliphatic rings. The first-order chi connectivity index (χ1) is 8.99. The number of rotatable bonds is 4. The Balaban J connectivity index is 2.89. The van der Waals surface area contributed by atoms with Crippen LogP contribution in [-0.4, -0.2) is 42.7 Å². The summed E-state index contributed by atoms with van der Waals surface area (Å²) in [6.45, 7) is 0.177. The molecule has 0 atom stereocenters. The number of nitrogens with one attached hydrogen (secondary N) is 1. The fourth-order valence-electron chi connectivity index (χ4n) is 1.37. The fraction of sp³-hybridized carbons (Fsp3) is 0.231. The number of carbonyl (C=O) groups excluding carboxylic acids is 1. The Morgan fingerprint density at radius 1 is 1.53 bits per heavy atom. The highest BCUT2D eigenvalue weighted by Gasteiger charge is 2.13. The molecule has 0 spiro atoms. The molecule has 0 aromatic heterocycles. The third-order valence-corrected chi connectivity index (χ3v) is 2.36. The van der Waals surface area contributed by atoms with Gasteiger partial charge in [-0.1, -0.05) is 5.92 Å². The molecular formula is C13H14N2O4. The van der Waals surface area contributed by atoms with Crippen molar-refractivity contribution < 1.29 is 19.4 Å². The van der Waals surface area contributed by atoms with Crippen LogP contribution in [0.25, 0.3) is 0 Å². The second kappa shape index (κ2) is 6.31. The first kappa shape index (κ1) is 14.4. The zero-order chi connectivity index (χ0) is 14.4. The summed E-state index contributed by atoms with van der Waals surface area (Å²) in [5.74, 6) is 1.42. The second-order valence-electron chi connectivity index (χ2n) is 3.71. The van der Waals surface area contributed by atoms with Gasteiger partial charge in [-0.15, -0.1) is 6.42 Å². The molecule has 0 fully saturated rings. The van der Waals surface area contributed by atoms with Crippen molar-refractivity contribution in [2.75, 3.05) is 26.0 Å². The Kier molecular flexibility index (Phi) is 4.77. The number of hydrogen-bond donors (Lipinski definition) is 2. The standard InChI is InChI=1S/C13H14N2O4/c1-4-7-15(2)13(18)14-9-5-6-10(12(16)17)11(8-9)19-3/h1,5-6,8H,7H2,2-3H3,(H,14,18)(H,16,17). The van der Waals surface area contributed by atoms with Crippen molar-refractivity contribution in [2.45, 2.75) is 0 Å². The van der Waals surface area contributed by atoms with Gasteiger partial charge in [0.15, 0.2) is 0 Å². The van der Waals surface area contributed by atoms with Gasteiger partial charge in [-0.2, -0.15) is 0 Å². The van der Waals surface area contributed by atoms with Gasteiger partial charge in [0, 0.05) is 18.8 Å². The van der Waals surface area contributed by atoms with Gasteiger partial charge >= 0.3 is 12.0 Å². The highest BCUT2D eigenvalue weighted by Crippen LogP contribution is 2.23. The van der Waals surface area contributed by atoms with Crippen LogP contribution in [0.5, 0.6) is 5.75 Å². The lowest BCUT2D eigenvalue weighted by Gasteiger charge is -2.15. The van der Waals surface area contributed by atoms with E-state index in [9.17, 15) is 9.59 Å². The summed E-state index contributed by atoms with van der Waals surface area (Å²) in [6.07, 6.45) is 5.10. The molecule has 0 aliphatic heterocycles. The Labute approximate surface area is 111 Å². The number of anilines is 1. The number of aromatic carboxylic acids is 1. The predicted molar refractivity (Wildman–Crippen MR) is 70.4 cm³/mol. The number of carbonyl (C=O) groups is 2. The van der Waals surface area contributed by atoms with Gasteiger partial charge in [-0.3, -0.25) is 0 Å². The van der Waals surface area contributed by atoms with Crippen molar-refractivity contribution >= 4 is 17.7 Å². The average Bonchev–Trinajstić information content (AvgIpc) is 2.38. The number of hydrogen-bond acceptors (Lipinski definition) is 3. The molecule has 6 heteroatoms. The number of amides is 2. The van der Waals surface area contributed by atoms with Crippen molar-refractivity contribution in [3.05, 3.63) is 23.8 Å². The van der Waals surface area contributed by atoms with Crippen molar-refractivity contribution in [1.29, 1.82) is 0 Å². The smallest absolute Gasteiger partial charge is 0.339 e. The minimum atomic E-state index is -1.10. The lowest BCUT2D eigenvalue weighted by Crippen LogP contribution is -2.31. The molecule has 0 bridgehead atoms. The second-order valence-corrected chi connectivity index (χ2v) is 3.71. The number of nitrogens with zero attached hydrogens (tertiary/aromatic N) is 1. The normalized spacial score (nSPS) is 9.32. The van der Waals surface area contributed by atoms with E-state index in [-0.39, 0.29) is 23.9 Å². The van der Waals surface area contributed by atoms with Crippen LogP contribution >= 0.6 is 0 Å². The van der Waals surface area contributed by atoms with Gasteiger partial charge in [0.2, 0.25) is 0 Å². The van der Waals surface area contributed by atoms with Gasteiger partial charge < -0.3 is 20.1 Å². The van der Waals surface area contributed by atoms with Crippen LogP contribution < -0.4 is 10.1 Å². The lowest BCUT2D eigenvalue weighted by atomic mass is 10.2. The molecule has 0 unspecified atom stereocenters. The topological polar surface area (TPSA) is 78.9 Å². The number of methoxy groups -OCH3 is 1. The molecule has 1 rings (SSSR count). The van der Waals surface area contributed by atoms with E-state index in [1.54, 1.807) is 7.05 Å². The number of carboxylic acids is 1. The van der Waals surface area contributed by atoms with Gasteiger partial charge in [-0.05, 0) is 12.1 Å². The third-order valence-electron chi connectivity index (χ3n) is 2.36. The Morgan fingerprint density at radius 2 is 2.21 bits per heavy atom. The minimum absolute atomic E-state index is 0.0254. The zero-order valence-electron chi connectivity index (χ0n) is 10.6. The minimum Gasteiger partial charge on any atom is -0.496 e. The Morgan fingerprint density at radius 3 is 2.74 bits per heavy atom. The van der Waals surface area contributed by atoms with Crippen molar-refractivity contribution in [3.8, 4) is 18.1 Å². The molecule has 0 heterocycles. The van der Waals surface area contributed by atoms with Crippen LogP contribution in [-0.2, 0) is 0 Å². The summed E-state index contributed by atoms with van der Waals surface area (Å²) >= 11 is 0. The summed E-state index contributed by atoms with van der Waals surface area (Å²) in [7, 11) is 2.91. The molecule has 19 heavy (non-hydrogen) atoms. The molecule has 2 amide bonds.